The highest BCUT2D eigenvalue weighted by molar-refractivity contribution is 7.89. The fraction of sp³-hybridized carbons (Fsp3) is 0.286. The molecule has 1 saturated heterocycles. The first-order valence-corrected chi connectivity index (χ1v) is 11.2. The van der Waals surface area contributed by atoms with Crippen LogP contribution in [0.1, 0.15) is 28.9 Å². The van der Waals surface area contributed by atoms with E-state index >= 15 is 0 Å². The van der Waals surface area contributed by atoms with Crippen LogP contribution in [0.2, 0.25) is 0 Å². The third kappa shape index (κ3) is 3.73. The molecule has 0 aliphatic carbocycles. The zero-order chi connectivity index (χ0) is 21.3. The van der Waals surface area contributed by atoms with Crippen LogP contribution in [0.3, 0.4) is 0 Å². The van der Waals surface area contributed by atoms with E-state index < -0.39 is 10.0 Å². The van der Waals surface area contributed by atoms with Crippen LogP contribution in [0.5, 0.6) is 0 Å². The van der Waals surface area contributed by atoms with Gasteiger partial charge in [-0.2, -0.15) is 9.40 Å². The number of amides is 1. The minimum Gasteiger partial charge on any atom is -0.346 e. The van der Waals surface area contributed by atoms with Gasteiger partial charge in [0.05, 0.1) is 22.5 Å². The van der Waals surface area contributed by atoms with Gasteiger partial charge in [-0.05, 0) is 43.2 Å². The van der Waals surface area contributed by atoms with E-state index in [-0.39, 0.29) is 22.9 Å². The van der Waals surface area contributed by atoms with E-state index in [1.165, 1.54) is 33.3 Å². The summed E-state index contributed by atoms with van der Waals surface area (Å²) in [7, 11) is -1.94. The third-order valence-corrected chi connectivity index (χ3v) is 7.18. The molecular weight excluding hydrogens is 404 g/mol. The van der Waals surface area contributed by atoms with Gasteiger partial charge in [-0.3, -0.25) is 9.59 Å². The van der Waals surface area contributed by atoms with Crippen LogP contribution in [0.15, 0.2) is 58.2 Å². The lowest BCUT2D eigenvalue weighted by molar-refractivity contribution is 0.0950. The maximum Gasteiger partial charge on any atom is 0.274 e. The molecule has 1 N–H and O–H groups in total. The number of carbonyl (C=O) groups excluding carboxylic acids is 1. The Bertz CT molecular complexity index is 1260. The highest BCUT2D eigenvalue weighted by Crippen LogP contribution is 2.21. The van der Waals surface area contributed by atoms with E-state index in [1.807, 2.05) is 6.07 Å². The quantitative estimate of drug-likeness (QED) is 0.669. The Morgan fingerprint density at radius 1 is 1.03 bits per heavy atom. The first-order valence-electron chi connectivity index (χ1n) is 9.71. The molecule has 3 aromatic rings. The second-order valence-electron chi connectivity index (χ2n) is 7.24. The number of carbonyl (C=O) groups is 1. The van der Waals surface area contributed by atoms with Gasteiger partial charge < -0.3 is 5.32 Å². The van der Waals surface area contributed by atoms with Gasteiger partial charge in [-0.15, -0.1) is 0 Å². The van der Waals surface area contributed by atoms with Crippen LogP contribution in [-0.2, 0) is 23.6 Å². The van der Waals surface area contributed by atoms with Crippen molar-refractivity contribution >= 4 is 26.7 Å². The lowest BCUT2D eigenvalue weighted by Crippen LogP contribution is -2.28. The SMILES string of the molecule is Cn1nc(CNC(=O)c2ccc(S(=O)(=O)N3CCCC3)cc2)c2ccccc2c1=O. The minimum absolute atomic E-state index is 0.140. The highest BCUT2D eigenvalue weighted by Gasteiger charge is 2.27. The van der Waals surface area contributed by atoms with Crippen molar-refractivity contribution in [2.45, 2.75) is 24.3 Å². The summed E-state index contributed by atoms with van der Waals surface area (Å²) in [6, 6.07) is 13.0. The summed E-state index contributed by atoms with van der Waals surface area (Å²) in [6.45, 7) is 1.21. The highest BCUT2D eigenvalue weighted by atomic mass is 32.2. The lowest BCUT2D eigenvalue weighted by Gasteiger charge is -2.15. The lowest BCUT2D eigenvalue weighted by atomic mass is 10.1. The van der Waals surface area contributed by atoms with E-state index in [1.54, 1.807) is 25.2 Å². The molecule has 0 unspecified atom stereocenters. The number of hydrogen-bond acceptors (Lipinski definition) is 5. The maximum atomic E-state index is 12.6. The summed E-state index contributed by atoms with van der Waals surface area (Å²) in [6.07, 6.45) is 1.74. The molecule has 2 heterocycles. The first-order chi connectivity index (χ1) is 14.4. The summed E-state index contributed by atoms with van der Waals surface area (Å²) < 4.78 is 27.9. The van der Waals surface area contributed by atoms with Crippen LogP contribution >= 0.6 is 0 Å². The predicted octanol–water partition coefficient (Wildman–Crippen LogP) is 1.65. The van der Waals surface area contributed by atoms with E-state index in [9.17, 15) is 18.0 Å². The van der Waals surface area contributed by atoms with Gasteiger partial charge in [-0.1, -0.05) is 18.2 Å². The second-order valence-corrected chi connectivity index (χ2v) is 9.18. The van der Waals surface area contributed by atoms with Crippen molar-refractivity contribution < 1.29 is 13.2 Å². The summed E-state index contributed by atoms with van der Waals surface area (Å²) in [5.74, 6) is -0.347. The van der Waals surface area contributed by atoms with Gasteiger partial charge >= 0.3 is 0 Å². The van der Waals surface area contributed by atoms with Gasteiger partial charge in [-0.25, -0.2) is 13.1 Å². The zero-order valence-electron chi connectivity index (χ0n) is 16.5. The van der Waals surface area contributed by atoms with Gasteiger partial charge in [0, 0.05) is 31.1 Å². The van der Waals surface area contributed by atoms with Crippen LogP contribution in [-0.4, -0.2) is 41.5 Å². The average molecular weight is 426 g/mol. The number of sulfonamides is 1. The fourth-order valence-corrected chi connectivity index (χ4v) is 5.15. The fourth-order valence-electron chi connectivity index (χ4n) is 3.63. The third-order valence-electron chi connectivity index (χ3n) is 5.27. The molecule has 0 atom stereocenters. The molecule has 156 valence electrons. The number of benzene rings is 2. The predicted molar refractivity (Wildman–Crippen MR) is 113 cm³/mol. The van der Waals surface area contributed by atoms with E-state index in [4.69, 9.17) is 0 Å². The van der Waals surface area contributed by atoms with Gasteiger partial charge in [0.1, 0.15) is 0 Å². The molecule has 1 amide bonds. The van der Waals surface area contributed by atoms with Gasteiger partial charge in [0.15, 0.2) is 0 Å². The smallest absolute Gasteiger partial charge is 0.274 e. The zero-order valence-corrected chi connectivity index (χ0v) is 17.4. The average Bonchev–Trinajstić information content (AvgIpc) is 3.31. The molecule has 0 spiro atoms. The van der Waals surface area contributed by atoms with Crippen molar-refractivity contribution in [3.8, 4) is 0 Å². The summed E-state index contributed by atoms with van der Waals surface area (Å²) in [5, 5.41) is 8.28. The minimum atomic E-state index is -3.51. The topological polar surface area (TPSA) is 101 Å². The van der Waals surface area contributed by atoms with Crippen molar-refractivity contribution in [1.82, 2.24) is 19.4 Å². The van der Waals surface area contributed by atoms with Crippen LogP contribution in [0, 0.1) is 0 Å². The van der Waals surface area contributed by atoms with Crippen molar-refractivity contribution in [1.29, 1.82) is 0 Å². The van der Waals surface area contributed by atoms with E-state index in [2.05, 4.69) is 10.4 Å². The Hall–Kier alpha value is -3.04. The van der Waals surface area contributed by atoms with Crippen LogP contribution in [0.25, 0.3) is 10.8 Å². The monoisotopic (exact) mass is 426 g/mol. The molecule has 0 radical (unpaired) electrons. The Kier molecular flexibility index (Phi) is 5.40. The van der Waals surface area contributed by atoms with Gasteiger partial charge in [0.25, 0.3) is 11.5 Å². The number of hydrogen-bond donors (Lipinski definition) is 1. The van der Waals surface area contributed by atoms with E-state index in [0.29, 0.717) is 35.1 Å². The Morgan fingerprint density at radius 2 is 1.67 bits per heavy atom. The molecule has 1 aromatic heterocycles. The molecule has 1 aliphatic rings. The molecule has 1 aliphatic heterocycles. The maximum absolute atomic E-state index is 12.6. The molecule has 1 fully saturated rings. The first kappa shape index (κ1) is 20.2. The van der Waals surface area contributed by atoms with Crippen LogP contribution in [0.4, 0.5) is 0 Å². The Morgan fingerprint density at radius 3 is 2.33 bits per heavy atom. The van der Waals surface area contributed by atoms with Crippen molar-refractivity contribution in [2.24, 2.45) is 7.05 Å². The van der Waals surface area contributed by atoms with E-state index in [0.717, 1.165) is 12.8 Å². The summed E-state index contributed by atoms with van der Waals surface area (Å²) in [4.78, 5) is 25.0. The molecule has 0 bridgehead atoms. The molecule has 30 heavy (non-hydrogen) atoms. The van der Waals surface area contributed by atoms with Crippen molar-refractivity contribution in [3.63, 3.8) is 0 Å². The largest absolute Gasteiger partial charge is 0.346 e. The molecule has 4 rings (SSSR count). The number of nitrogens with one attached hydrogen (secondary N) is 1. The number of aromatic nitrogens is 2. The van der Waals surface area contributed by atoms with Gasteiger partial charge in [0.2, 0.25) is 10.0 Å². The molecule has 9 heteroatoms. The summed E-state index contributed by atoms with van der Waals surface area (Å²) >= 11 is 0. The molecular formula is C21H22N4O4S. The standard InChI is InChI=1S/C21H22N4O4S/c1-24-21(27)18-7-3-2-6-17(18)19(23-24)14-22-20(26)15-8-10-16(11-9-15)30(28,29)25-12-4-5-13-25/h2-3,6-11H,4-5,12-14H2,1H3,(H,22,26). The number of nitrogens with zero attached hydrogens (tertiary/aromatic N) is 3. The molecule has 0 saturated carbocycles. The second kappa shape index (κ2) is 8.00. The Labute approximate surface area is 174 Å². The van der Waals surface area contributed by atoms with Crippen molar-refractivity contribution in [2.75, 3.05) is 13.1 Å². The van der Waals surface area contributed by atoms with Crippen LogP contribution < -0.4 is 10.9 Å². The Balaban J connectivity index is 1.51. The molecule has 8 nitrogen and oxygen atoms in total. The number of rotatable bonds is 5. The van der Waals surface area contributed by atoms with Crippen molar-refractivity contribution in [3.05, 3.63) is 70.1 Å². The number of fused-ring (bicyclic) bond motifs is 1. The normalized spacial score (nSPS) is 14.8. The summed E-state index contributed by atoms with van der Waals surface area (Å²) in [5.41, 5.74) is 0.731. The number of aryl methyl sites for hydroxylation is 1. The molecule has 2 aromatic carbocycles.